The largest absolute Gasteiger partial charge is 0.385 e. The standard InChI is InChI=1S/C18H24N4O.C2H6/c1-5-6-17(19)21-18(23)9-16-12(2)7-8-15(13(16)3)14-10-20-22(4)11-14;1-2/h6-8,10-11H,5,9,19H2,1-4H3,(H,21,23);1-2H3/b17-6+;. The molecular weight excluding hydrogens is 312 g/mol. The predicted octanol–water partition coefficient (Wildman–Crippen LogP) is 3.60. The first kappa shape index (κ1) is 20.5. The molecule has 0 saturated heterocycles. The molecule has 0 unspecified atom stereocenters. The zero-order valence-electron chi connectivity index (χ0n) is 16.2. The van der Waals surface area contributed by atoms with Gasteiger partial charge < -0.3 is 11.1 Å². The van der Waals surface area contributed by atoms with Gasteiger partial charge in [0, 0.05) is 18.8 Å². The van der Waals surface area contributed by atoms with Gasteiger partial charge in [-0.25, -0.2) is 0 Å². The first-order valence-corrected chi connectivity index (χ1v) is 8.76. The maximum absolute atomic E-state index is 12.2. The second-order valence-electron chi connectivity index (χ2n) is 5.73. The van der Waals surface area contributed by atoms with E-state index in [-0.39, 0.29) is 5.91 Å². The van der Waals surface area contributed by atoms with Crippen LogP contribution in [0.5, 0.6) is 0 Å². The minimum absolute atomic E-state index is 0.0956. The zero-order chi connectivity index (χ0) is 19.0. The number of amides is 1. The lowest BCUT2D eigenvalue weighted by Crippen LogP contribution is -2.29. The minimum Gasteiger partial charge on any atom is -0.385 e. The molecule has 0 aliphatic heterocycles. The van der Waals surface area contributed by atoms with Gasteiger partial charge in [-0.3, -0.25) is 9.48 Å². The summed E-state index contributed by atoms with van der Waals surface area (Å²) in [5, 5.41) is 6.95. The summed E-state index contributed by atoms with van der Waals surface area (Å²) >= 11 is 0. The number of nitrogens with zero attached hydrogens (tertiary/aromatic N) is 2. The van der Waals surface area contributed by atoms with E-state index >= 15 is 0 Å². The van der Waals surface area contributed by atoms with Crippen LogP contribution in [0.3, 0.4) is 0 Å². The van der Waals surface area contributed by atoms with Crippen molar-refractivity contribution in [2.45, 2.75) is 47.5 Å². The van der Waals surface area contributed by atoms with Crippen molar-refractivity contribution < 1.29 is 4.79 Å². The highest BCUT2D eigenvalue weighted by atomic mass is 16.1. The lowest BCUT2D eigenvalue weighted by molar-refractivity contribution is -0.119. The molecule has 2 rings (SSSR count). The Kier molecular flexibility index (Phi) is 7.92. The highest BCUT2D eigenvalue weighted by Crippen LogP contribution is 2.27. The number of hydrogen-bond donors (Lipinski definition) is 2. The van der Waals surface area contributed by atoms with E-state index in [0.29, 0.717) is 12.2 Å². The molecule has 0 spiro atoms. The van der Waals surface area contributed by atoms with Gasteiger partial charge in [-0.05, 0) is 48.6 Å². The van der Waals surface area contributed by atoms with E-state index in [4.69, 9.17) is 5.73 Å². The second-order valence-corrected chi connectivity index (χ2v) is 5.73. The van der Waals surface area contributed by atoms with Gasteiger partial charge >= 0.3 is 0 Å². The summed E-state index contributed by atoms with van der Waals surface area (Å²) in [6.07, 6.45) is 6.71. The molecule has 3 N–H and O–H groups in total. The van der Waals surface area contributed by atoms with Crippen LogP contribution in [0.25, 0.3) is 11.1 Å². The third-order valence-electron chi connectivity index (χ3n) is 3.89. The van der Waals surface area contributed by atoms with Gasteiger partial charge in [-0.15, -0.1) is 0 Å². The van der Waals surface area contributed by atoms with Gasteiger partial charge in [0.05, 0.1) is 18.4 Å². The van der Waals surface area contributed by atoms with E-state index in [2.05, 4.69) is 16.5 Å². The highest BCUT2D eigenvalue weighted by molar-refractivity contribution is 5.82. The molecule has 1 heterocycles. The molecule has 136 valence electrons. The number of rotatable bonds is 5. The van der Waals surface area contributed by atoms with Crippen molar-refractivity contribution >= 4 is 5.91 Å². The van der Waals surface area contributed by atoms with Gasteiger partial charge in [-0.1, -0.05) is 32.9 Å². The molecule has 5 nitrogen and oxygen atoms in total. The Bertz CT molecular complexity index is 744. The lowest BCUT2D eigenvalue weighted by Gasteiger charge is -2.14. The first-order valence-electron chi connectivity index (χ1n) is 8.76. The number of aryl methyl sites for hydroxylation is 2. The maximum atomic E-state index is 12.2. The fourth-order valence-corrected chi connectivity index (χ4v) is 2.67. The average Bonchev–Trinajstić information content (AvgIpc) is 2.99. The van der Waals surface area contributed by atoms with Crippen molar-refractivity contribution in [3.63, 3.8) is 0 Å². The number of allylic oxidation sites excluding steroid dienone is 1. The van der Waals surface area contributed by atoms with E-state index in [1.807, 2.05) is 60.1 Å². The molecule has 1 amide bonds. The maximum Gasteiger partial charge on any atom is 0.229 e. The summed E-state index contributed by atoms with van der Waals surface area (Å²) in [6.45, 7) is 10.0. The third-order valence-corrected chi connectivity index (χ3v) is 3.89. The van der Waals surface area contributed by atoms with Crippen molar-refractivity contribution in [2.75, 3.05) is 0 Å². The predicted molar refractivity (Wildman–Crippen MR) is 104 cm³/mol. The Hall–Kier alpha value is -2.56. The summed E-state index contributed by atoms with van der Waals surface area (Å²) in [5.41, 5.74) is 11.1. The van der Waals surface area contributed by atoms with Crippen LogP contribution in [0, 0.1) is 13.8 Å². The van der Waals surface area contributed by atoms with E-state index in [1.54, 1.807) is 10.8 Å². The number of benzene rings is 1. The molecule has 5 heteroatoms. The zero-order valence-corrected chi connectivity index (χ0v) is 16.2. The molecule has 0 aliphatic carbocycles. The Morgan fingerprint density at radius 2 is 2.00 bits per heavy atom. The average molecular weight is 342 g/mol. The van der Waals surface area contributed by atoms with E-state index < -0.39 is 0 Å². The Morgan fingerprint density at radius 1 is 1.32 bits per heavy atom. The molecule has 0 atom stereocenters. The fraction of sp³-hybridized carbons (Fsp3) is 0.400. The molecular formula is C20H30N4O. The molecule has 0 bridgehead atoms. The van der Waals surface area contributed by atoms with Crippen LogP contribution in [0.1, 0.15) is 43.9 Å². The van der Waals surface area contributed by atoms with Crippen LogP contribution in [-0.4, -0.2) is 15.7 Å². The van der Waals surface area contributed by atoms with Gasteiger partial charge in [0.1, 0.15) is 0 Å². The van der Waals surface area contributed by atoms with E-state index in [1.165, 1.54) is 0 Å². The topological polar surface area (TPSA) is 72.9 Å². The summed E-state index contributed by atoms with van der Waals surface area (Å²) in [7, 11) is 1.89. The number of nitrogens with two attached hydrogens (primary N) is 1. The number of hydrogen-bond acceptors (Lipinski definition) is 3. The first-order chi connectivity index (χ1) is 11.9. The summed E-state index contributed by atoms with van der Waals surface area (Å²) < 4.78 is 1.78. The van der Waals surface area contributed by atoms with Crippen LogP contribution >= 0.6 is 0 Å². The third kappa shape index (κ3) is 5.48. The molecule has 0 saturated carbocycles. The fourth-order valence-electron chi connectivity index (χ4n) is 2.67. The summed E-state index contributed by atoms with van der Waals surface area (Å²) in [6, 6.07) is 4.12. The molecule has 25 heavy (non-hydrogen) atoms. The van der Waals surface area contributed by atoms with Crippen LogP contribution < -0.4 is 11.1 Å². The monoisotopic (exact) mass is 342 g/mol. The van der Waals surface area contributed by atoms with Gasteiger partial charge in [0.25, 0.3) is 0 Å². The van der Waals surface area contributed by atoms with E-state index in [0.717, 1.165) is 34.2 Å². The van der Waals surface area contributed by atoms with Crippen molar-refractivity contribution in [3.05, 3.63) is 53.1 Å². The smallest absolute Gasteiger partial charge is 0.229 e. The SMILES string of the molecule is CC.CC/C=C(\N)NC(=O)Cc1c(C)ccc(-c2cnn(C)c2)c1C. The van der Waals surface area contributed by atoms with E-state index in [9.17, 15) is 4.79 Å². The number of aromatic nitrogens is 2. The molecule has 0 fully saturated rings. The van der Waals surface area contributed by atoms with Gasteiger partial charge in [0.2, 0.25) is 5.91 Å². The molecule has 0 aliphatic rings. The van der Waals surface area contributed by atoms with Gasteiger partial charge in [-0.2, -0.15) is 5.10 Å². The number of nitrogens with one attached hydrogen (secondary N) is 1. The van der Waals surface area contributed by atoms with Crippen molar-refractivity contribution in [2.24, 2.45) is 12.8 Å². The molecule has 0 radical (unpaired) electrons. The van der Waals surface area contributed by atoms with Crippen LogP contribution in [-0.2, 0) is 18.3 Å². The summed E-state index contributed by atoms with van der Waals surface area (Å²) in [5.74, 6) is 0.318. The lowest BCUT2D eigenvalue weighted by atomic mass is 9.93. The van der Waals surface area contributed by atoms with Crippen molar-refractivity contribution in [3.8, 4) is 11.1 Å². The minimum atomic E-state index is -0.0956. The van der Waals surface area contributed by atoms with Crippen molar-refractivity contribution in [1.82, 2.24) is 15.1 Å². The molecule has 1 aromatic heterocycles. The second kappa shape index (κ2) is 9.67. The highest BCUT2D eigenvalue weighted by Gasteiger charge is 2.13. The quantitative estimate of drug-likeness (QED) is 0.872. The van der Waals surface area contributed by atoms with Gasteiger partial charge in [0.15, 0.2) is 0 Å². The molecule has 1 aromatic carbocycles. The normalized spacial score (nSPS) is 10.9. The summed E-state index contributed by atoms with van der Waals surface area (Å²) in [4.78, 5) is 12.2. The van der Waals surface area contributed by atoms with Crippen LogP contribution in [0.4, 0.5) is 0 Å². The number of carbonyl (C=O) groups is 1. The Labute approximate surface area is 150 Å². The Balaban J connectivity index is 0.00000151. The van der Waals surface area contributed by atoms with Crippen LogP contribution in [0.2, 0.25) is 0 Å². The Morgan fingerprint density at radius 3 is 2.56 bits per heavy atom. The molecule has 2 aromatic rings. The van der Waals surface area contributed by atoms with Crippen LogP contribution in [0.15, 0.2) is 36.4 Å². The van der Waals surface area contributed by atoms with Crippen molar-refractivity contribution in [1.29, 1.82) is 0 Å². The number of carbonyl (C=O) groups excluding carboxylic acids is 1.